The third-order valence-corrected chi connectivity index (χ3v) is 7.28. The molecule has 0 saturated heterocycles. The third-order valence-electron chi connectivity index (χ3n) is 5.09. The predicted molar refractivity (Wildman–Crippen MR) is 121 cm³/mol. The summed E-state index contributed by atoms with van der Waals surface area (Å²) in [6.45, 7) is 3.53. The molecule has 3 rings (SSSR count). The minimum absolute atomic E-state index is 0.111. The second kappa shape index (κ2) is 9.20. The van der Waals surface area contributed by atoms with E-state index in [1.165, 1.54) is 13.1 Å². The van der Waals surface area contributed by atoms with Crippen LogP contribution in [0, 0.1) is 13.8 Å². The molecule has 1 heterocycles. The number of hydrogen-bond acceptors (Lipinski definition) is 5. The molecular formula is C21H26N4O3S2. The number of fused-ring (bicyclic) bond motifs is 1. The number of para-hydroxylation sites is 2. The zero-order valence-electron chi connectivity index (χ0n) is 17.4. The number of rotatable bonds is 8. The Hall–Kier alpha value is -2.36. The second-order valence-corrected chi connectivity index (χ2v) is 9.91. The van der Waals surface area contributed by atoms with Crippen molar-refractivity contribution in [1.82, 2.24) is 20.0 Å². The first kappa shape index (κ1) is 22.3. The van der Waals surface area contributed by atoms with Gasteiger partial charge in [0.2, 0.25) is 10.0 Å². The van der Waals surface area contributed by atoms with E-state index in [0.29, 0.717) is 23.4 Å². The van der Waals surface area contributed by atoms with E-state index in [1.54, 1.807) is 31.7 Å². The lowest BCUT2D eigenvalue weighted by Crippen LogP contribution is -2.30. The van der Waals surface area contributed by atoms with Crippen LogP contribution >= 0.6 is 11.8 Å². The lowest BCUT2D eigenvalue weighted by molar-refractivity contribution is 0.0934. The lowest BCUT2D eigenvalue weighted by atomic mass is 10.1. The van der Waals surface area contributed by atoms with Gasteiger partial charge in [-0.05, 0) is 74.7 Å². The number of H-pyrrole nitrogens is 1. The quantitative estimate of drug-likeness (QED) is 0.492. The highest BCUT2D eigenvalue weighted by Crippen LogP contribution is 2.23. The van der Waals surface area contributed by atoms with Gasteiger partial charge in [0, 0.05) is 5.56 Å². The van der Waals surface area contributed by atoms with E-state index in [-0.39, 0.29) is 16.8 Å². The largest absolute Gasteiger partial charge is 0.342 e. The fourth-order valence-corrected chi connectivity index (χ4v) is 4.78. The van der Waals surface area contributed by atoms with Gasteiger partial charge in [0.1, 0.15) is 5.82 Å². The third kappa shape index (κ3) is 4.69. The predicted octanol–water partition coefficient (Wildman–Crippen LogP) is 3.31. The highest BCUT2D eigenvalue weighted by Gasteiger charge is 2.22. The number of aromatic nitrogens is 2. The van der Waals surface area contributed by atoms with E-state index in [0.717, 1.165) is 22.3 Å². The molecule has 0 aliphatic rings. The first-order chi connectivity index (χ1) is 14.3. The first-order valence-corrected chi connectivity index (χ1v) is 12.4. The summed E-state index contributed by atoms with van der Waals surface area (Å²) in [5.74, 6) is 1.19. The van der Waals surface area contributed by atoms with Crippen molar-refractivity contribution >= 4 is 38.7 Å². The second-order valence-electron chi connectivity index (χ2n) is 7.07. The number of aryl methyl sites for hydroxylation is 1. The monoisotopic (exact) mass is 446 g/mol. The number of sulfonamides is 1. The fraction of sp³-hybridized carbons (Fsp3) is 0.333. The highest BCUT2D eigenvalue weighted by atomic mass is 32.2. The summed E-state index contributed by atoms with van der Waals surface area (Å²) < 4.78 is 27.1. The van der Waals surface area contributed by atoms with Crippen molar-refractivity contribution in [3.63, 3.8) is 0 Å². The van der Waals surface area contributed by atoms with Crippen LogP contribution < -0.4 is 10.0 Å². The van der Waals surface area contributed by atoms with Gasteiger partial charge in [0.05, 0.1) is 22.0 Å². The Labute approximate surface area is 181 Å². The molecule has 0 saturated carbocycles. The minimum atomic E-state index is -3.67. The number of carbonyl (C=O) groups excluding carboxylic acids is 1. The van der Waals surface area contributed by atoms with Crippen LogP contribution in [0.1, 0.15) is 39.8 Å². The topological polar surface area (TPSA) is 104 Å². The van der Waals surface area contributed by atoms with Gasteiger partial charge in [-0.3, -0.25) is 4.79 Å². The van der Waals surface area contributed by atoms with Crippen LogP contribution in [0.15, 0.2) is 41.3 Å². The fourth-order valence-electron chi connectivity index (χ4n) is 3.24. The Morgan fingerprint density at radius 3 is 2.63 bits per heavy atom. The van der Waals surface area contributed by atoms with Crippen LogP contribution in [0.3, 0.4) is 0 Å². The summed E-state index contributed by atoms with van der Waals surface area (Å²) in [5, 5.41) is 3.03. The van der Waals surface area contributed by atoms with E-state index in [1.807, 2.05) is 30.5 Å². The number of thioether (sulfide) groups is 1. The van der Waals surface area contributed by atoms with Gasteiger partial charge in [-0.2, -0.15) is 11.8 Å². The van der Waals surface area contributed by atoms with Gasteiger partial charge in [0.15, 0.2) is 0 Å². The molecule has 160 valence electrons. The van der Waals surface area contributed by atoms with E-state index in [9.17, 15) is 13.2 Å². The van der Waals surface area contributed by atoms with Crippen molar-refractivity contribution in [3.05, 3.63) is 58.9 Å². The number of benzene rings is 2. The summed E-state index contributed by atoms with van der Waals surface area (Å²) in [4.78, 5) is 21.1. The maximum Gasteiger partial charge on any atom is 0.251 e. The van der Waals surface area contributed by atoms with Crippen molar-refractivity contribution < 1.29 is 13.2 Å². The molecule has 1 atom stereocenters. The summed E-state index contributed by atoms with van der Waals surface area (Å²) in [7, 11) is -2.31. The number of hydrogen-bond donors (Lipinski definition) is 3. The van der Waals surface area contributed by atoms with Crippen LogP contribution in [0.4, 0.5) is 0 Å². The molecular weight excluding hydrogens is 420 g/mol. The first-order valence-electron chi connectivity index (χ1n) is 9.56. The maximum atomic E-state index is 13.1. The molecule has 0 fully saturated rings. The molecule has 1 amide bonds. The number of carbonyl (C=O) groups is 1. The summed E-state index contributed by atoms with van der Waals surface area (Å²) >= 11 is 1.69. The molecule has 2 aromatic carbocycles. The minimum Gasteiger partial charge on any atom is -0.342 e. The summed E-state index contributed by atoms with van der Waals surface area (Å²) in [6.07, 6.45) is 2.70. The van der Waals surface area contributed by atoms with Gasteiger partial charge >= 0.3 is 0 Å². The molecule has 30 heavy (non-hydrogen) atoms. The van der Waals surface area contributed by atoms with Gasteiger partial charge in [-0.25, -0.2) is 18.1 Å². The standard InChI is InChI=1S/C21H26N4O3S2/c1-13-11-15(12-19(14(13)2)30(27,28)22-3)21(26)25-18(9-10-29-4)20-23-16-7-5-6-8-17(16)24-20/h5-8,11-12,18,22H,9-10H2,1-4H3,(H,23,24)(H,25,26)/t18-/m0/s1. The SMILES string of the molecule is CNS(=O)(=O)c1cc(C(=O)N[C@@H](CCSC)c2nc3ccccc3[nH]2)cc(C)c1C. The molecule has 1 aromatic heterocycles. The zero-order chi connectivity index (χ0) is 21.9. The molecule has 0 radical (unpaired) electrons. The summed E-state index contributed by atoms with van der Waals surface area (Å²) in [5.41, 5.74) is 3.41. The normalized spacial score (nSPS) is 12.8. The Kier molecular flexibility index (Phi) is 6.84. The molecule has 0 spiro atoms. The molecule has 3 N–H and O–H groups in total. The Morgan fingerprint density at radius 1 is 1.23 bits per heavy atom. The number of imidazole rings is 1. The Balaban J connectivity index is 1.94. The summed E-state index contributed by atoms with van der Waals surface area (Å²) in [6, 6.07) is 10.5. The smallest absolute Gasteiger partial charge is 0.251 e. The zero-order valence-corrected chi connectivity index (χ0v) is 19.1. The van der Waals surface area contributed by atoms with Crippen molar-refractivity contribution in [2.45, 2.75) is 31.2 Å². The lowest BCUT2D eigenvalue weighted by Gasteiger charge is -2.18. The van der Waals surface area contributed by atoms with E-state index in [4.69, 9.17) is 0 Å². The molecule has 9 heteroatoms. The van der Waals surface area contributed by atoms with Crippen LogP contribution in [0.2, 0.25) is 0 Å². The average molecular weight is 447 g/mol. The van der Waals surface area contributed by atoms with E-state index in [2.05, 4.69) is 20.0 Å². The van der Waals surface area contributed by atoms with Crippen molar-refractivity contribution in [2.75, 3.05) is 19.1 Å². The Bertz CT molecular complexity index is 1140. The number of nitrogens with zero attached hydrogens (tertiary/aromatic N) is 1. The molecule has 0 aliphatic carbocycles. The van der Waals surface area contributed by atoms with Crippen molar-refractivity contribution in [2.24, 2.45) is 0 Å². The van der Waals surface area contributed by atoms with Gasteiger partial charge in [-0.1, -0.05) is 12.1 Å². The van der Waals surface area contributed by atoms with Crippen LogP contribution in [-0.4, -0.2) is 43.3 Å². The maximum absolute atomic E-state index is 13.1. The van der Waals surface area contributed by atoms with Crippen LogP contribution in [0.25, 0.3) is 11.0 Å². The average Bonchev–Trinajstić information content (AvgIpc) is 3.16. The Morgan fingerprint density at radius 2 is 1.97 bits per heavy atom. The number of amides is 1. The molecule has 0 aliphatic heterocycles. The number of nitrogens with one attached hydrogen (secondary N) is 3. The van der Waals surface area contributed by atoms with Gasteiger partial charge in [-0.15, -0.1) is 0 Å². The van der Waals surface area contributed by atoms with Crippen molar-refractivity contribution in [1.29, 1.82) is 0 Å². The van der Waals surface area contributed by atoms with Crippen LogP contribution in [0.5, 0.6) is 0 Å². The van der Waals surface area contributed by atoms with E-state index < -0.39 is 10.0 Å². The molecule has 3 aromatic rings. The van der Waals surface area contributed by atoms with Gasteiger partial charge in [0.25, 0.3) is 5.91 Å². The number of aromatic amines is 1. The molecule has 0 bridgehead atoms. The molecule has 7 nitrogen and oxygen atoms in total. The van der Waals surface area contributed by atoms with Crippen LogP contribution in [-0.2, 0) is 10.0 Å². The van der Waals surface area contributed by atoms with Gasteiger partial charge < -0.3 is 10.3 Å². The highest BCUT2D eigenvalue weighted by molar-refractivity contribution is 7.98. The molecule has 0 unspecified atom stereocenters. The van der Waals surface area contributed by atoms with Crippen molar-refractivity contribution in [3.8, 4) is 0 Å². The van der Waals surface area contributed by atoms with E-state index >= 15 is 0 Å².